The van der Waals surface area contributed by atoms with Gasteiger partial charge in [0, 0.05) is 25.2 Å². The van der Waals surface area contributed by atoms with Crippen LogP contribution >= 0.6 is 0 Å². The van der Waals surface area contributed by atoms with Crippen molar-refractivity contribution in [2.24, 2.45) is 0 Å². The summed E-state index contributed by atoms with van der Waals surface area (Å²) in [4.78, 5) is 2.66. The van der Waals surface area contributed by atoms with Gasteiger partial charge >= 0.3 is 0 Å². The van der Waals surface area contributed by atoms with Gasteiger partial charge in [0.25, 0.3) is 0 Å². The highest BCUT2D eigenvalue weighted by Gasteiger charge is 2.34. The predicted molar refractivity (Wildman–Crippen MR) is 84.0 cm³/mol. The fourth-order valence-corrected chi connectivity index (χ4v) is 3.72. The molecule has 2 atom stereocenters. The second kappa shape index (κ2) is 6.67. The Labute approximate surface area is 127 Å². The number of benzene rings is 1. The van der Waals surface area contributed by atoms with E-state index in [4.69, 9.17) is 9.47 Å². The molecule has 0 bridgehead atoms. The smallest absolute Gasteiger partial charge is 0.161 e. The van der Waals surface area contributed by atoms with Crippen molar-refractivity contribution in [3.8, 4) is 11.5 Å². The Balaban J connectivity index is 1.60. The lowest BCUT2D eigenvalue weighted by molar-refractivity contribution is 0.180. The molecule has 1 aromatic carbocycles. The van der Waals surface area contributed by atoms with E-state index in [-0.39, 0.29) is 0 Å². The molecule has 0 aromatic heterocycles. The first-order chi connectivity index (χ1) is 10.3. The SMILES string of the molecule is COc1ccc(CNC2CCN3CCCCC23)cc1OC. The maximum absolute atomic E-state index is 5.37. The molecule has 0 radical (unpaired) electrons. The molecule has 1 aromatic rings. The number of nitrogens with zero attached hydrogens (tertiary/aromatic N) is 1. The molecular weight excluding hydrogens is 264 g/mol. The molecule has 2 aliphatic rings. The monoisotopic (exact) mass is 290 g/mol. The molecule has 21 heavy (non-hydrogen) atoms. The van der Waals surface area contributed by atoms with E-state index in [0.717, 1.165) is 24.1 Å². The van der Waals surface area contributed by atoms with Gasteiger partial charge in [-0.2, -0.15) is 0 Å². The summed E-state index contributed by atoms with van der Waals surface area (Å²) in [6.45, 7) is 3.45. The topological polar surface area (TPSA) is 33.7 Å². The minimum Gasteiger partial charge on any atom is -0.493 e. The molecule has 1 N–H and O–H groups in total. The summed E-state index contributed by atoms with van der Waals surface area (Å²) in [5.41, 5.74) is 1.25. The number of rotatable bonds is 5. The van der Waals surface area contributed by atoms with E-state index >= 15 is 0 Å². The van der Waals surface area contributed by atoms with Crippen LogP contribution in [-0.4, -0.2) is 44.3 Å². The molecule has 0 saturated carbocycles. The number of piperidine rings is 1. The third kappa shape index (κ3) is 3.16. The molecule has 2 aliphatic heterocycles. The van der Waals surface area contributed by atoms with Crippen molar-refractivity contribution in [1.82, 2.24) is 10.2 Å². The van der Waals surface area contributed by atoms with E-state index < -0.39 is 0 Å². The first-order valence-electron chi connectivity index (χ1n) is 8.00. The number of methoxy groups -OCH3 is 2. The maximum Gasteiger partial charge on any atom is 0.161 e. The first kappa shape index (κ1) is 14.7. The minimum absolute atomic E-state index is 0.637. The first-order valence-corrected chi connectivity index (χ1v) is 8.00. The van der Waals surface area contributed by atoms with Crippen LogP contribution in [0.1, 0.15) is 31.2 Å². The molecule has 116 valence electrons. The van der Waals surface area contributed by atoms with Gasteiger partial charge in [0.2, 0.25) is 0 Å². The van der Waals surface area contributed by atoms with Gasteiger partial charge < -0.3 is 14.8 Å². The zero-order valence-electron chi connectivity index (χ0n) is 13.1. The van der Waals surface area contributed by atoms with Crippen molar-refractivity contribution < 1.29 is 9.47 Å². The molecule has 4 heteroatoms. The highest BCUT2D eigenvalue weighted by Crippen LogP contribution is 2.29. The van der Waals surface area contributed by atoms with Crippen LogP contribution in [0.2, 0.25) is 0 Å². The molecule has 3 rings (SSSR count). The number of hydrogen-bond acceptors (Lipinski definition) is 4. The normalized spacial score (nSPS) is 25.6. The summed E-state index contributed by atoms with van der Waals surface area (Å²) in [5.74, 6) is 1.60. The van der Waals surface area contributed by atoms with E-state index in [0.29, 0.717) is 6.04 Å². The average molecular weight is 290 g/mol. The van der Waals surface area contributed by atoms with E-state index in [9.17, 15) is 0 Å². The van der Waals surface area contributed by atoms with Crippen molar-refractivity contribution in [3.05, 3.63) is 23.8 Å². The van der Waals surface area contributed by atoms with E-state index in [1.807, 2.05) is 6.07 Å². The highest BCUT2D eigenvalue weighted by molar-refractivity contribution is 5.42. The lowest BCUT2D eigenvalue weighted by atomic mass is 9.99. The Morgan fingerprint density at radius 2 is 1.95 bits per heavy atom. The molecule has 2 heterocycles. The third-order valence-corrected chi connectivity index (χ3v) is 4.87. The molecule has 2 saturated heterocycles. The number of hydrogen-bond donors (Lipinski definition) is 1. The Bertz CT molecular complexity index is 478. The van der Waals surface area contributed by atoms with Crippen LogP contribution in [0, 0.1) is 0 Å². The Hall–Kier alpha value is -1.26. The average Bonchev–Trinajstić information content (AvgIpc) is 2.96. The molecule has 0 aliphatic carbocycles. The molecule has 0 spiro atoms. The summed E-state index contributed by atoms with van der Waals surface area (Å²) in [5, 5.41) is 3.75. The van der Waals surface area contributed by atoms with E-state index in [1.165, 1.54) is 44.3 Å². The number of ether oxygens (including phenoxy) is 2. The highest BCUT2D eigenvalue weighted by atomic mass is 16.5. The van der Waals surface area contributed by atoms with Crippen LogP contribution in [0.5, 0.6) is 11.5 Å². The molecule has 0 amide bonds. The van der Waals surface area contributed by atoms with Crippen molar-refractivity contribution >= 4 is 0 Å². The fourth-order valence-electron chi connectivity index (χ4n) is 3.72. The molecule has 2 fully saturated rings. The van der Waals surface area contributed by atoms with Gasteiger partial charge in [0.1, 0.15) is 0 Å². The van der Waals surface area contributed by atoms with Crippen LogP contribution in [0.15, 0.2) is 18.2 Å². The van der Waals surface area contributed by atoms with Crippen molar-refractivity contribution in [2.45, 2.75) is 44.3 Å². The Morgan fingerprint density at radius 1 is 1.10 bits per heavy atom. The number of fused-ring (bicyclic) bond motifs is 1. The van der Waals surface area contributed by atoms with Crippen LogP contribution in [0.4, 0.5) is 0 Å². The second-order valence-corrected chi connectivity index (χ2v) is 6.06. The van der Waals surface area contributed by atoms with Gasteiger partial charge in [-0.1, -0.05) is 12.5 Å². The third-order valence-electron chi connectivity index (χ3n) is 4.87. The van der Waals surface area contributed by atoms with Crippen LogP contribution in [-0.2, 0) is 6.54 Å². The zero-order valence-corrected chi connectivity index (χ0v) is 13.1. The van der Waals surface area contributed by atoms with Gasteiger partial charge in [0.15, 0.2) is 11.5 Å². The summed E-state index contributed by atoms with van der Waals surface area (Å²) >= 11 is 0. The van der Waals surface area contributed by atoms with Gasteiger partial charge in [-0.15, -0.1) is 0 Å². The van der Waals surface area contributed by atoms with Crippen LogP contribution in [0.25, 0.3) is 0 Å². The maximum atomic E-state index is 5.37. The largest absolute Gasteiger partial charge is 0.493 e. The Morgan fingerprint density at radius 3 is 2.76 bits per heavy atom. The van der Waals surface area contributed by atoms with Gasteiger partial charge in [-0.25, -0.2) is 0 Å². The minimum atomic E-state index is 0.637. The second-order valence-electron chi connectivity index (χ2n) is 6.06. The van der Waals surface area contributed by atoms with Crippen molar-refractivity contribution in [3.63, 3.8) is 0 Å². The van der Waals surface area contributed by atoms with E-state index in [2.05, 4.69) is 22.3 Å². The van der Waals surface area contributed by atoms with Gasteiger partial charge in [-0.3, -0.25) is 4.90 Å². The summed E-state index contributed by atoms with van der Waals surface area (Å²) in [6.07, 6.45) is 5.39. The quantitative estimate of drug-likeness (QED) is 0.903. The standard InChI is InChI=1S/C17H26N2O2/c1-20-16-7-6-13(11-17(16)21-2)12-18-14-8-10-19-9-4-3-5-15(14)19/h6-7,11,14-15,18H,3-5,8-10,12H2,1-2H3. The van der Waals surface area contributed by atoms with Gasteiger partial charge in [0.05, 0.1) is 14.2 Å². The molecular formula is C17H26N2O2. The summed E-state index contributed by atoms with van der Waals surface area (Å²) in [6, 6.07) is 7.55. The summed E-state index contributed by atoms with van der Waals surface area (Å²) in [7, 11) is 3.36. The lowest BCUT2D eigenvalue weighted by Gasteiger charge is -2.32. The van der Waals surface area contributed by atoms with Gasteiger partial charge in [-0.05, 0) is 43.5 Å². The Kier molecular flexibility index (Phi) is 4.66. The zero-order chi connectivity index (χ0) is 14.7. The molecule has 2 unspecified atom stereocenters. The summed E-state index contributed by atoms with van der Waals surface area (Å²) < 4.78 is 10.7. The fraction of sp³-hybridized carbons (Fsp3) is 0.647. The molecule has 4 nitrogen and oxygen atoms in total. The predicted octanol–water partition coefficient (Wildman–Crippen LogP) is 2.42. The van der Waals surface area contributed by atoms with Crippen molar-refractivity contribution in [1.29, 1.82) is 0 Å². The van der Waals surface area contributed by atoms with E-state index in [1.54, 1.807) is 14.2 Å². The van der Waals surface area contributed by atoms with Crippen LogP contribution < -0.4 is 14.8 Å². The van der Waals surface area contributed by atoms with Crippen LogP contribution in [0.3, 0.4) is 0 Å². The van der Waals surface area contributed by atoms with Crippen molar-refractivity contribution in [2.75, 3.05) is 27.3 Å². The number of nitrogens with one attached hydrogen (secondary N) is 1. The lowest BCUT2D eigenvalue weighted by Crippen LogP contribution is -2.44.